The molecule has 0 aliphatic rings. The molecule has 0 saturated heterocycles. The van der Waals surface area contributed by atoms with E-state index >= 15 is 0 Å². The van der Waals surface area contributed by atoms with Gasteiger partial charge in [0.05, 0.1) is 16.1 Å². The third-order valence-electron chi connectivity index (χ3n) is 3.15. The van der Waals surface area contributed by atoms with Gasteiger partial charge in [0.1, 0.15) is 11.5 Å². The maximum absolute atomic E-state index is 13.1. The summed E-state index contributed by atoms with van der Waals surface area (Å²) in [5.74, 6) is -1.62. The second-order valence-corrected chi connectivity index (χ2v) is 6.50. The summed E-state index contributed by atoms with van der Waals surface area (Å²) in [7, 11) is 0. The molecule has 1 heterocycles. The van der Waals surface area contributed by atoms with Crippen LogP contribution in [0.25, 0.3) is 0 Å². The highest BCUT2D eigenvalue weighted by Crippen LogP contribution is 2.19. The van der Waals surface area contributed by atoms with E-state index in [1.807, 2.05) is 0 Å². The predicted octanol–water partition coefficient (Wildman–Crippen LogP) is 3.46. The van der Waals surface area contributed by atoms with Gasteiger partial charge in [-0.3, -0.25) is 20.0 Å². The molecule has 0 aliphatic heterocycles. The number of pyridine rings is 1. The number of hydrogen-bond acceptors (Lipinski definition) is 3. The Labute approximate surface area is 144 Å². The van der Waals surface area contributed by atoms with Gasteiger partial charge in [0.2, 0.25) is 0 Å². The molecule has 1 N–H and O–H groups in total. The lowest BCUT2D eigenvalue weighted by molar-refractivity contribution is 0.0353. The molecule has 2 aromatic rings. The summed E-state index contributed by atoms with van der Waals surface area (Å²) in [6, 6.07) is 8.35. The van der Waals surface area contributed by atoms with Crippen LogP contribution in [0.4, 0.5) is 4.39 Å². The lowest BCUT2D eigenvalue weighted by Gasteiger charge is -2.35. The number of rotatable bonds is 2. The number of carbonyl (C=O) groups excluding carboxylic acids is 2. The van der Waals surface area contributed by atoms with Crippen molar-refractivity contribution in [2.45, 2.75) is 26.3 Å². The van der Waals surface area contributed by atoms with Crippen LogP contribution in [0.2, 0.25) is 5.02 Å². The summed E-state index contributed by atoms with van der Waals surface area (Å²) in [4.78, 5) is 29.1. The van der Waals surface area contributed by atoms with Crippen LogP contribution in [0.1, 0.15) is 41.6 Å². The second-order valence-electron chi connectivity index (χ2n) is 6.09. The predicted molar refractivity (Wildman–Crippen MR) is 89.0 cm³/mol. The Bertz CT molecular complexity index is 760. The van der Waals surface area contributed by atoms with Gasteiger partial charge in [0.25, 0.3) is 11.8 Å². The molecular formula is C17H17ClFN3O2. The number of benzene rings is 1. The first-order valence-corrected chi connectivity index (χ1v) is 7.59. The Balaban J connectivity index is 2.30. The maximum atomic E-state index is 13.1. The van der Waals surface area contributed by atoms with Gasteiger partial charge in [0.15, 0.2) is 0 Å². The second kappa shape index (κ2) is 6.97. The number of carbonyl (C=O) groups is 2. The monoisotopic (exact) mass is 349 g/mol. The van der Waals surface area contributed by atoms with Crippen LogP contribution in [-0.4, -0.2) is 27.3 Å². The minimum atomic E-state index is -0.712. The van der Waals surface area contributed by atoms with Crippen LogP contribution in [0.3, 0.4) is 0 Å². The molecule has 0 spiro atoms. The Morgan fingerprint density at radius 1 is 1.21 bits per heavy atom. The Morgan fingerprint density at radius 3 is 2.46 bits per heavy atom. The molecule has 1 aromatic carbocycles. The van der Waals surface area contributed by atoms with Crippen molar-refractivity contribution in [3.8, 4) is 0 Å². The van der Waals surface area contributed by atoms with Crippen LogP contribution >= 0.6 is 11.6 Å². The van der Waals surface area contributed by atoms with Crippen molar-refractivity contribution in [3.05, 3.63) is 64.7 Å². The molecule has 0 bridgehead atoms. The molecule has 0 unspecified atom stereocenters. The standard InChI is InChI=1S/C17H17ClFN3O2/c1-17(2,3)22(16(24)14-6-4-5-9-20-14)21-15(23)12-8-7-11(19)10-13(12)18/h4-10H,1-3H3,(H,21,23). The Morgan fingerprint density at radius 2 is 1.92 bits per heavy atom. The molecule has 126 valence electrons. The molecule has 0 radical (unpaired) electrons. The number of aromatic nitrogens is 1. The van der Waals surface area contributed by atoms with Gasteiger partial charge in [-0.2, -0.15) is 0 Å². The SMILES string of the molecule is CC(C)(C)N(NC(=O)c1ccc(F)cc1Cl)C(=O)c1ccccn1. The minimum Gasteiger partial charge on any atom is -0.267 e. The highest BCUT2D eigenvalue weighted by molar-refractivity contribution is 6.33. The zero-order chi connectivity index (χ0) is 17.9. The van der Waals surface area contributed by atoms with Crippen molar-refractivity contribution in [1.29, 1.82) is 0 Å². The molecule has 5 nitrogen and oxygen atoms in total. The van der Waals surface area contributed by atoms with Crippen molar-refractivity contribution in [2.24, 2.45) is 0 Å². The van der Waals surface area contributed by atoms with Gasteiger partial charge in [-0.1, -0.05) is 17.7 Å². The zero-order valence-corrected chi connectivity index (χ0v) is 14.3. The van der Waals surface area contributed by atoms with Crippen LogP contribution in [0, 0.1) is 5.82 Å². The van der Waals surface area contributed by atoms with E-state index in [1.54, 1.807) is 39.0 Å². The van der Waals surface area contributed by atoms with E-state index in [1.165, 1.54) is 17.3 Å². The third-order valence-corrected chi connectivity index (χ3v) is 3.46. The van der Waals surface area contributed by atoms with E-state index in [-0.39, 0.29) is 16.3 Å². The molecule has 0 saturated carbocycles. The van der Waals surface area contributed by atoms with E-state index < -0.39 is 23.2 Å². The Kier molecular flexibility index (Phi) is 5.19. The number of halogens is 2. The van der Waals surface area contributed by atoms with E-state index in [0.717, 1.165) is 12.1 Å². The summed E-state index contributed by atoms with van der Waals surface area (Å²) in [5, 5.41) is 1.14. The van der Waals surface area contributed by atoms with Crippen molar-refractivity contribution in [3.63, 3.8) is 0 Å². The first-order valence-electron chi connectivity index (χ1n) is 7.22. The molecule has 0 atom stereocenters. The van der Waals surface area contributed by atoms with Gasteiger partial charge >= 0.3 is 0 Å². The molecule has 0 fully saturated rings. The number of hydrogen-bond donors (Lipinski definition) is 1. The third kappa shape index (κ3) is 4.08. The maximum Gasteiger partial charge on any atom is 0.291 e. The van der Waals surface area contributed by atoms with Crippen LogP contribution < -0.4 is 5.43 Å². The van der Waals surface area contributed by atoms with Gasteiger partial charge in [-0.25, -0.2) is 9.40 Å². The zero-order valence-electron chi connectivity index (χ0n) is 13.5. The summed E-state index contributed by atoms with van der Waals surface area (Å²) in [6.45, 7) is 5.29. The molecule has 1 aromatic heterocycles. The highest BCUT2D eigenvalue weighted by Gasteiger charge is 2.30. The largest absolute Gasteiger partial charge is 0.291 e. The minimum absolute atomic E-state index is 0.0355. The quantitative estimate of drug-likeness (QED) is 0.844. The molecule has 2 rings (SSSR count). The molecular weight excluding hydrogens is 333 g/mol. The summed E-state index contributed by atoms with van der Waals surface area (Å²) < 4.78 is 13.1. The first kappa shape index (κ1) is 17.9. The lowest BCUT2D eigenvalue weighted by Crippen LogP contribution is -2.56. The van der Waals surface area contributed by atoms with Crippen molar-refractivity contribution < 1.29 is 14.0 Å². The van der Waals surface area contributed by atoms with Crippen molar-refractivity contribution in [1.82, 2.24) is 15.4 Å². The normalized spacial score (nSPS) is 11.0. The molecule has 7 heteroatoms. The van der Waals surface area contributed by atoms with E-state index in [2.05, 4.69) is 10.4 Å². The van der Waals surface area contributed by atoms with E-state index in [9.17, 15) is 14.0 Å². The fraction of sp³-hybridized carbons (Fsp3) is 0.235. The summed E-state index contributed by atoms with van der Waals surface area (Å²) in [6.07, 6.45) is 1.49. The fourth-order valence-electron chi connectivity index (χ4n) is 1.96. The number of amides is 2. The van der Waals surface area contributed by atoms with Gasteiger partial charge < -0.3 is 0 Å². The average molecular weight is 350 g/mol. The smallest absolute Gasteiger partial charge is 0.267 e. The highest BCUT2D eigenvalue weighted by atomic mass is 35.5. The first-order chi connectivity index (χ1) is 11.2. The fourth-order valence-corrected chi connectivity index (χ4v) is 2.22. The van der Waals surface area contributed by atoms with Crippen LogP contribution in [0.15, 0.2) is 42.6 Å². The summed E-state index contributed by atoms with van der Waals surface area (Å²) >= 11 is 5.90. The van der Waals surface area contributed by atoms with Gasteiger partial charge in [-0.15, -0.1) is 0 Å². The van der Waals surface area contributed by atoms with E-state index in [0.29, 0.717) is 0 Å². The number of nitrogens with one attached hydrogen (secondary N) is 1. The topological polar surface area (TPSA) is 62.3 Å². The van der Waals surface area contributed by atoms with Crippen LogP contribution in [-0.2, 0) is 0 Å². The number of hydrazine groups is 1. The molecule has 2 amide bonds. The van der Waals surface area contributed by atoms with Crippen molar-refractivity contribution >= 4 is 23.4 Å². The number of nitrogens with zero attached hydrogens (tertiary/aromatic N) is 2. The summed E-state index contributed by atoms with van der Waals surface area (Å²) in [5.41, 5.74) is 2.08. The van der Waals surface area contributed by atoms with Gasteiger partial charge in [-0.05, 0) is 51.1 Å². The van der Waals surface area contributed by atoms with Crippen molar-refractivity contribution in [2.75, 3.05) is 0 Å². The van der Waals surface area contributed by atoms with Crippen LogP contribution in [0.5, 0.6) is 0 Å². The Hall–Kier alpha value is -2.47. The molecule has 0 aliphatic carbocycles. The molecule has 24 heavy (non-hydrogen) atoms. The van der Waals surface area contributed by atoms with E-state index in [4.69, 9.17) is 11.6 Å². The van der Waals surface area contributed by atoms with Gasteiger partial charge in [0, 0.05) is 6.20 Å². The lowest BCUT2D eigenvalue weighted by atomic mass is 10.1. The average Bonchev–Trinajstić information content (AvgIpc) is 2.51.